The fourth-order valence-electron chi connectivity index (χ4n) is 7.66. The van der Waals surface area contributed by atoms with E-state index in [2.05, 4.69) is 25.8 Å². The zero-order chi connectivity index (χ0) is 67.0. The summed E-state index contributed by atoms with van der Waals surface area (Å²) < 4.78 is 5.08. The number of oxime groups is 5. The Kier molecular flexibility index (Phi) is 29.9. The first kappa shape index (κ1) is 70.3. The Bertz CT molecular complexity index is 4140. The van der Waals surface area contributed by atoms with Crippen molar-refractivity contribution in [1.82, 2.24) is 0 Å². The van der Waals surface area contributed by atoms with Gasteiger partial charge in [-0.15, -0.1) is 0 Å². The predicted octanol–water partition coefficient (Wildman–Crippen LogP) is 16.1. The molecule has 0 radical (unpaired) electrons. The fraction of sp³-hybridized carbons (Fsp3) is 0.0779. The van der Waals surface area contributed by atoms with E-state index in [0.29, 0.717) is 44.8 Å². The number of benzene rings is 10. The van der Waals surface area contributed by atoms with Crippen LogP contribution >= 0.6 is 0 Å². The minimum Gasteiger partial charge on any atom is -0.497 e. The molecule has 10 rings (SSSR count). The maximum Gasteiger partial charge on any atom is 0.365 e. The Morgan fingerprint density at radius 2 is 0.617 bits per heavy atom. The number of methoxy groups -OCH3 is 1. The molecule has 94 heavy (non-hydrogen) atoms. The lowest BCUT2D eigenvalue weighted by Gasteiger charge is -2.09. The van der Waals surface area contributed by atoms with E-state index in [1.807, 2.05) is 166 Å². The Labute approximate surface area is 545 Å². The molecule has 0 aromatic heterocycles. The highest BCUT2D eigenvalue weighted by atomic mass is 16.7. The van der Waals surface area contributed by atoms with Gasteiger partial charge in [0.15, 0.2) is 5.71 Å². The van der Waals surface area contributed by atoms with Gasteiger partial charge < -0.3 is 28.9 Å². The number of carbonyl (C=O) groups excluding carboxylic acids is 5. The summed E-state index contributed by atoms with van der Waals surface area (Å²) in [6.45, 7) is 7.61. The lowest BCUT2D eigenvalue weighted by molar-refractivity contribution is 0.0506. The average Bonchev–Trinajstić information content (AvgIpc) is 2.42. The molecule has 0 bridgehead atoms. The van der Waals surface area contributed by atoms with Crippen LogP contribution in [0.4, 0.5) is 0 Å². The molecule has 470 valence electrons. The quantitative estimate of drug-likeness (QED) is 0.0471. The zero-order valence-electron chi connectivity index (χ0n) is 52.1. The summed E-state index contributed by atoms with van der Waals surface area (Å²) in [5, 5.41) is 28.0. The van der Waals surface area contributed by atoms with Crippen LogP contribution in [-0.2, 0) is 24.2 Å². The van der Waals surface area contributed by atoms with Gasteiger partial charge in [-0.2, -0.15) is 5.26 Å². The Morgan fingerprint density at radius 3 is 0.947 bits per heavy atom. The molecule has 0 aliphatic carbocycles. The third kappa shape index (κ3) is 25.0. The summed E-state index contributed by atoms with van der Waals surface area (Å²) in [6.07, 6.45) is 1.50. The third-order valence-corrected chi connectivity index (χ3v) is 12.6. The lowest BCUT2D eigenvalue weighted by atomic mass is 10.0. The predicted molar refractivity (Wildman–Crippen MR) is 364 cm³/mol. The fourth-order valence-corrected chi connectivity index (χ4v) is 7.66. The van der Waals surface area contributed by atoms with Crippen LogP contribution < -0.4 is 4.74 Å². The van der Waals surface area contributed by atoms with Gasteiger partial charge in [-0.25, -0.2) is 24.0 Å². The molecule has 0 spiro atoms. The van der Waals surface area contributed by atoms with E-state index >= 15 is 0 Å². The van der Waals surface area contributed by atoms with Crippen molar-refractivity contribution in [2.45, 2.75) is 27.7 Å². The van der Waals surface area contributed by atoms with E-state index in [1.165, 1.54) is 6.21 Å². The third-order valence-electron chi connectivity index (χ3n) is 12.6. The molecule has 0 aliphatic rings. The first-order valence-corrected chi connectivity index (χ1v) is 29.2. The maximum atomic E-state index is 11.9. The molecule has 0 amide bonds. The normalized spacial score (nSPS) is 10.9. The van der Waals surface area contributed by atoms with Crippen LogP contribution in [0, 0.1) is 17.2 Å². The second kappa shape index (κ2) is 40.0. The molecule has 10 aromatic carbocycles. The minimum absolute atomic E-state index is 0.0601. The standard InChI is InChI=1S/C17H17NO2.C16H15NO3.C15H10N2O2.C15H13NO2.C14H11NO2/c1-13(2)16(14-9-5-3-6-10-14)18-20-17(19)15-11-7-4-8-12-15;1-12(13-8-10-15(19-2)11-9-13)17-20-16(18)14-6-4-3-5-7-14;16-11-14(12-7-3-1-4-8-12)17-19-15(18)13-9-5-2-6-10-13;1-12(13-8-4-2-5-9-13)16-18-15(17)14-10-6-3-7-11-14;16-14(13-9-5-2-6-10-13)17-15-11-12-7-3-1-4-8-12/h3-13H,1-2H3;3-11H,1-2H3;1-10H;2-11H,1H3;1-11H/b18-16+;17-12+;17-14+;16-12+;15-11+. The summed E-state index contributed by atoms with van der Waals surface area (Å²) >= 11 is 0. The molecule has 0 unspecified atom stereocenters. The van der Waals surface area contributed by atoms with Gasteiger partial charge >= 0.3 is 29.8 Å². The molecular formula is C77H66N6O11. The largest absolute Gasteiger partial charge is 0.497 e. The van der Waals surface area contributed by atoms with Crippen molar-refractivity contribution >= 4 is 58.9 Å². The summed E-state index contributed by atoms with van der Waals surface area (Å²) in [5.74, 6) is -1.49. The van der Waals surface area contributed by atoms with E-state index in [1.54, 1.807) is 173 Å². The maximum absolute atomic E-state index is 11.9. The number of nitrogens with zero attached hydrogens (tertiary/aromatic N) is 6. The number of ether oxygens (including phenoxy) is 1. The van der Waals surface area contributed by atoms with E-state index in [0.717, 1.165) is 33.7 Å². The van der Waals surface area contributed by atoms with Gasteiger partial charge in [0.1, 0.15) is 11.8 Å². The van der Waals surface area contributed by atoms with Crippen molar-refractivity contribution in [3.05, 3.63) is 353 Å². The summed E-state index contributed by atoms with van der Waals surface area (Å²) in [4.78, 5) is 82.8. The Morgan fingerprint density at radius 1 is 0.340 bits per heavy atom. The Hall–Kier alpha value is -12.8. The van der Waals surface area contributed by atoms with Crippen LogP contribution in [-0.4, -0.2) is 66.0 Å². The van der Waals surface area contributed by atoms with Crippen LogP contribution in [0.15, 0.2) is 323 Å². The van der Waals surface area contributed by atoms with Gasteiger partial charge in [0, 0.05) is 5.56 Å². The molecule has 0 N–H and O–H groups in total. The summed E-state index contributed by atoms with van der Waals surface area (Å²) in [5.41, 5.74) is 8.67. The first-order valence-electron chi connectivity index (χ1n) is 29.2. The molecule has 0 aliphatic heterocycles. The van der Waals surface area contributed by atoms with Crippen molar-refractivity contribution in [2.75, 3.05) is 7.11 Å². The lowest BCUT2D eigenvalue weighted by Crippen LogP contribution is -2.12. The molecule has 0 heterocycles. The van der Waals surface area contributed by atoms with Crippen LogP contribution in [0.25, 0.3) is 0 Å². The van der Waals surface area contributed by atoms with E-state index in [9.17, 15) is 24.0 Å². The molecule has 0 atom stereocenters. The number of hydrogen-bond acceptors (Lipinski definition) is 17. The minimum atomic E-state index is -0.593. The van der Waals surface area contributed by atoms with Gasteiger partial charge in [-0.3, -0.25) is 0 Å². The SMILES string of the molecule is C/C(=N\OC(=O)c1ccccc1)c1ccccc1.CC(C)/C(=N\OC(=O)c1ccccc1)c1ccccc1.COc1ccc(/C(C)=N/OC(=O)c2ccccc2)cc1.N#C/C(=N\OC(=O)c1ccccc1)c1ccccc1.O=C(O/N=C/c1ccccc1)c1ccccc1. The molecule has 10 aromatic rings. The highest BCUT2D eigenvalue weighted by Crippen LogP contribution is 2.15. The number of nitriles is 1. The number of hydrogen-bond donors (Lipinski definition) is 0. The van der Waals surface area contributed by atoms with Gasteiger partial charge in [-0.05, 0) is 127 Å². The number of rotatable bonds is 17. The van der Waals surface area contributed by atoms with Gasteiger partial charge in [0.2, 0.25) is 0 Å². The molecule has 17 heteroatoms. The van der Waals surface area contributed by atoms with Crippen molar-refractivity contribution < 1.29 is 52.9 Å². The molecule has 0 saturated heterocycles. The Balaban J connectivity index is 0.000000186. The molecular weight excluding hydrogens is 1180 g/mol. The van der Waals surface area contributed by atoms with Crippen molar-refractivity contribution in [3.8, 4) is 11.8 Å². The van der Waals surface area contributed by atoms with Crippen molar-refractivity contribution in [1.29, 1.82) is 5.26 Å². The highest BCUT2D eigenvalue weighted by Gasteiger charge is 2.14. The van der Waals surface area contributed by atoms with Crippen LogP contribution in [0.2, 0.25) is 0 Å². The van der Waals surface area contributed by atoms with Crippen molar-refractivity contribution in [3.63, 3.8) is 0 Å². The second-order valence-electron chi connectivity index (χ2n) is 19.7. The highest BCUT2D eigenvalue weighted by molar-refractivity contribution is 6.11. The van der Waals surface area contributed by atoms with Crippen LogP contribution in [0.5, 0.6) is 5.75 Å². The summed E-state index contributed by atoms with van der Waals surface area (Å²) in [7, 11) is 1.61. The van der Waals surface area contributed by atoms with Crippen LogP contribution in [0.3, 0.4) is 0 Å². The monoisotopic (exact) mass is 1250 g/mol. The van der Waals surface area contributed by atoms with Crippen LogP contribution in [0.1, 0.15) is 107 Å². The average molecular weight is 1250 g/mol. The van der Waals surface area contributed by atoms with E-state index in [4.69, 9.17) is 34.2 Å². The van der Waals surface area contributed by atoms with Gasteiger partial charge in [0.25, 0.3) is 0 Å². The smallest absolute Gasteiger partial charge is 0.365 e. The number of carbonyl (C=O) groups is 5. The molecule has 0 saturated carbocycles. The molecule has 17 nitrogen and oxygen atoms in total. The first-order chi connectivity index (χ1) is 45.8. The van der Waals surface area contributed by atoms with E-state index < -0.39 is 29.8 Å². The second-order valence-corrected chi connectivity index (χ2v) is 19.7. The van der Waals surface area contributed by atoms with E-state index in [-0.39, 0.29) is 11.6 Å². The molecule has 0 fully saturated rings. The van der Waals surface area contributed by atoms with Gasteiger partial charge in [-0.1, -0.05) is 252 Å². The topological polar surface area (TPSA) is 226 Å². The summed E-state index contributed by atoms with van der Waals surface area (Å²) in [6, 6.07) is 90.4. The zero-order valence-corrected chi connectivity index (χ0v) is 52.1. The van der Waals surface area contributed by atoms with Crippen molar-refractivity contribution in [2.24, 2.45) is 31.7 Å². The van der Waals surface area contributed by atoms with Gasteiger partial charge in [0.05, 0.1) is 58.3 Å².